The van der Waals surface area contributed by atoms with Crippen LogP contribution in [-0.2, 0) is 9.59 Å². The molecule has 0 atom stereocenters. The molecule has 0 aromatic heterocycles. The van der Waals surface area contributed by atoms with Gasteiger partial charge in [0.25, 0.3) is 6.43 Å². The summed E-state index contributed by atoms with van der Waals surface area (Å²) in [6, 6.07) is 0. The molecule has 0 bridgehead atoms. The van der Waals surface area contributed by atoms with Gasteiger partial charge in [0.05, 0.1) is 6.54 Å². The Bertz CT molecular complexity index is 156. The number of halogens is 2. The van der Waals surface area contributed by atoms with Gasteiger partial charge in [-0.15, -0.1) is 0 Å². The van der Waals surface area contributed by atoms with Crippen molar-refractivity contribution in [3.63, 3.8) is 0 Å². The molecule has 3 nitrogen and oxygen atoms in total. The van der Waals surface area contributed by atoms with Gasteiger partial charge < -0.3 is 0 Å². The van der Waals surface area contributed by atoms with E-state index in [1.807, 2.05) is 0 Å². The molecule has 0 aliphatic rings. The lowest BCUT2D eigenvalue weighted by atomic mass is 10.4. The molecule has 0 aliphatic carbocycles. The molecular formula is C6H9F2NO2. The quantitative estimate of drug-likeness (QED) is 0.602. The summed E-state index contributed by atoms with van der Waals surface area (Å²) in [5.74, 6) is -1.31. The van der Waals surface area contributed by atoms with E-state index in [0.717, 1.165) is 13.8 Å². The highest BCUT2D eigenvalue weighted by Gasteiger charge is 2.17. The van der Waals surface area contributed by atoms with Gasteiger partial charge in [0.2, 0.25) is 11.8 Å². The van der Waals surface area contributed by atoms with Crippen LogP contribution in [-0.4, -0.2) is 29.7 Å². The predicted octanol–water partition coefficient (Wildman–Crippen LogP) is 0.647. The zero-order chi connectivity index (χ0) is 9.02. The van der Waals surface area contributed by atoms with E-state index in [9.17, 15) is 18.4 Å². The van der Waals surface area contributed by atoms with Crippen molar-refractivity contribution >= 4 is 11.8 Å². The van der Waals surface area contributed by atoms with Gasteiger partial charge in [-0.3, -0.25) is 14.5 Å². The maximum atomic E-state index is 11.7. The van der Waals surface area contributed by atoms with Crippen molar-refractivity contribution in [3.8, 4) is 0 Å². The molecular weight excluding hydrogens is 156 g/mol. The summed E-state index contributed by atoms with van der Waals surface area (Å²) in [5, 5.41) is 0. The molecule has 0 fully saturated rings. The molecule has 0 rings (SSSR count). The maximum absolute atomic E-state index is 11.7. The number of nitrogens with zero attached hydrogens (tertiary/aromatic N) is 1. The van der Waals surface area contributed by atoms with Crippen LogP contribution in [0.1, 0.15) is 13.8 Å². The first-order valence-corrected chi connectivity index (χ1v) is 3.02. The van der Waals surface area contributed by atoms with Crippen LogP contribution in [0.2, 0.25) is 0 Å². The van der Waals surface area contributed by atoms with Gasteiger partial charge in [0, 0.05) is 13.8 Å². The fourth-order valence-electron chi connectivity index (χ4n) is 0.617. The number of amides is 2. The maximum Gasteiger partial charge on any atom is 0.256 e. The number of carbonyl (C=O) groups excluding carboxylic acids is 2. The van der Waals surface area contributed by atoms with Crippen LogP contribution >= 0.6 is 0 Å². The van der Waals surface area contributed by atoms with Crippen molar-refractivity contribution in [3.05, 3.63) is 0 Å². The number of carbonyl (C=O) groups is 2. The Labute approximate surface area is 63.0 Å². The van der Waals surface area contributed by atoms with Crippen LogP contribution in [0.5, 0.6) is 0 Å². The molecule has 0 N–H and O–H groups in total. The van der Waals surface area contributed by atoms with Crippen LogP contribution in [0.4, 0.5) is 8.78 Å². The highest BCUT2D eigenvalue weighted by Crippen LogP contribution is 1.98. The van der Waals surface area contributed by atoms with E-state index in [0.29, 0.717) is 4.90 Å². The van der Waals surface area contributed by atoms with Crippen LogP contribution < -0.4 is 0 Å². The van der Waals surface area contributed by atoms with Gasteiger partial charge in [0.1, 0.15) is 0 Å². The second-order valence-electron chi connectivity index (χ2n) is 2.04. The summed E-state index contributed by atoms with van der Waals surface area (Å²) in [6.07, 6.45) is -2.66. The lowest BCUT2D eigenvalue weighted by molar-refractivity contribution is -0.144. The average Bonchev–Trinajstić information content (AvgIpc) is 1.81. The highest BCUT2D eigenvalue weighted by atomic mass is 19.3. The van der Waals surface area contributed by atoms with E-state index in [1.165, 1.54) is 0 Å². The zero-order valence-corrected chi connectivity index (χ0v) is 6.30. The summed E-state index contributed by atoms with van der Waals surface area (Å²) < 4.78 is 23.3. The Kier molecular flexibility index (Phi) is 3.64. The van der Waals surface area contributed by atoms with Gasteiger partial charge in [-0.1, -0.05) is 0 Å². The molecule has 11 heavy (non-hydrogen) atoms. The smallest absolute Gasteiger partial charge is 0.256 e. The summed E-state index contributed by atoms with van der Waals surface area (Å²) in [7, 11) is 0. The van der Waals surface area contributed by atoms with Crippen molar-refractivity contribution in [1.82, 2.24) is 4.90 Å². The number of rotatable bonds is 2. The van der Waals surface area contributed by atoms with Crippen molar-refractivity contribution in [2.24, 2.45) is 0 Å². The molecule has 0 spiro atoms. The summed E-state index contributed by atoms with van der Waals surface area (Å²) in [6.45, 7) is 1.33. The number of hydrogen-bond acceptors (Lipinski definition) is 2. The molecule has 0 aromatic carbocycles. The van der Waals surface area contributed by atoms with Crippen LogP contribution in [0.3, 0.4) is 0 Å². The number of hydrogen-bond donors (Lipinski definition) is 0. The highest BCUT2D eigenvalue weighted by molar-refractivity contribution is 5.92. The molecule has 0 saturated carbocycles. The standard InChI is InChI=1S/C6H9F2NO2/c1-4(10)9(5(2)11)3-6(7)8/h6H,3H2,1-2H3. The van der Waals surface area contributed by atoms with Crippen molar-refractivity contribution in [2.45, 2.75) is 20.3 Å². The van der Waals surface area contributed by atoms with Crippen molar-refractivity contribution < 1.29 is 18.4 Å². The second-order valence-corrected chi connectivity index (χ2v) is 2.04. The van der Waals surface area contributed by atoms with Gasteiger partial charge in [-0.2, -0.15) is 0 Å². The van der Waals surface area contributed by atoms with Crippen LogP contribution in [0, 0.1) is 0 Å². The average molecular weight is 165 g/mol. The first-order valence-electron chi connectivity index (χ1n) is 3.02. The van der Waals surface area contributed by atoms with E-state index >= 15 is 0 Å². The minimum Gasteiger partial charge on any atom is -0.277 e. The Morgan fingerprint density at radius 2 is 1.64 bits per heavy atom. The summed E-state index contributed by atoms with van der Waals surface area (Å²) >= 11 is 0. The molecule has 0 heterocycles. The van der Waals surface area contributed by atoms with Gasteiger partial charge >= 0.3 is 0 Å². The fraction of sp³-hybridized carbons (Fsp3) is 0.667. The largest absolute Gasteiger partial charge is 0.277 e. The summed E-state index contributed by atoms with van der Waals surface area (Å²) in [4.78, 5) is 21.5. The van der Waals surface area contributed by atoms with E-state index in [4.69, 9.17) is 0 Å². The molecule has 0 radical (unpaired) electrons. The number of alkyl halides is 2. The first-order chi connectivity index (χ1) is 4.95. The predicted molar refractivity (Wildman–Crippen MR) is 34.1 cm³/mol. The van der Waals surface area contributed by atoms with Gasteiger partial charge in [-0.25, -0.2) is 8.78 Å². The Balaban J connectivity index is 4.12. The first kappa shape index (κ1) is 10.0. The van der Waals surface area contributed by atoms with Crippen molar-refractivity contribution in [2.75, 3.05) is 6.54 Å². The fourth-order valence-corrected chi connectivity index (χ4v) is 0.617. The van der Waals surface area contributed by atoms with Gasteiger partial charge in [0.15, 0.2) is 0 Å². The van der Waals surface area contributed by atoms with E-state index in [2.05, 4.69) is 0 Å². The Hall–Kier alpha value is -1.00. The molecule has 64 valence electrons. The summed E-state index contributed by atoms with van der Waals surface area (Å²) in [5.41, 5.74) is 0. The van der Waals surface area contributed by atoms with E-state index < -0.39 is 24.8 Å². The van der Waals surface area contributed by atoms with Crippen LogP contribution in [0.25, 0.3) is 0 Å². The molecule has 0 aromatic rings. The third-order valence-electron chi connectivity index (χ3n) is 1.08. The third kappa shape index (κ3) is 3.64. The molecule has 0 saturated heterocycles. The lowest BCUT2D eigenvalue weighted by Gasteiger charge is -2.15. The topological polar surface area (TPSA) is 37.4 Å². The minimum absolute atomic E-state index is 0.505. The zero-order valence-electron chi connectivity index (χ0n) is 6.30. The lowest BCUT2D eigenvalue weighted by Crippen LogP contribution is -2.36. The second kappa shape index (κ2) is 4.00. The number of imide groups is 1. The third-order valence-corrected chi connectivity index (χ3v) is 1.08. The Morgan fingerprint density at radius 1 is 1.27 bits per heavy atom. The monoisotopic (exact) mass is 165 g/mol. The molecule has 0 unspecified atom stereocenters. The van der Waals surface area contributed by atoms with Gasteiger partial charge in [-0.05, 0) is 0 Å². The molecule has 0 aliphatic heterocycles. The van der Waals surface area contributed by atoms with Crippen molar-refractivity contribution in [1.29, 1.82) is 0 Å². The van der Waals surface area contributed by atoms with Crippen LogP contribution in [0.15, 0.2) is 0 Å². The molecule has 5 heteroatoms. The normalized spacial score (nSPS) is 9.91. The SMILES string of the molecule is CC(=O)N(CC(F)F)C(C)=O. The Morgan fingerprint density at radius 3 is 1.73 bits per heavy atom. The van der Waals surface area contributed by atoms with E-state index in [1.54, 1.807) is 0 Å². The van der Waals surface area contributed by atoms with E-state index in [-0.39, 0.29) is 0 Å². The molecule has 2 amide bonds. The minimum atomic E-state index is -2.66.